The molecule has 0 aliphatic heterocycles. The highest BCUT2D eigenvalue weighted by Gasteiger charge is 2.36. The van der Waals surface area contributed by atoms with Gasteiger partial charge in [-0.15, -0.1) is 11.3 Å². The van der Waals surface area contributed by atoms with Crippen molar-refractivity contribution in [2.24, 2.45) is 5.41 Å². The van der Waals surface area contributed by atoms with Crippen LogP contribution in [0.15, 0.2) is 6.07 Å². The fourth-order valence-electron chi connectivity index (χ4n) is 1.54. The molecule has 1 fully saturated rings. The quantitative estimate of drug-likeness (QED) is 0.793. The first kappa shape index (κ1) is 12.2. The average molecular weight is 254 g/mol. The van der Waals surface area contributed by atoms with Gasteiger partial charge >= 0.3 is 5.97 Å². The minimum atomic E-state index is -0.333. The van der Waals surface area contributed by atoms with Crippen molar-refractivity contribution < 1.29 is 9.53 Å². The first-order chi connectivity index (χ1) is 8.04. The fraction of sp³-hybridized carbons (Fsp3) is 0.583. The van der Waals surface area contributed by atoms with Gasteiger partial charge in [-0.25, -0.2) is 4.79 Å². The van der Waals surface area contributed by atoms with Crippen LogP contribution in [-0.2, 0) is 4.74 Å². The minimum Gasteiger partial charge on any atom is -0.462 e. The van der Waals surface area contributed by atoms with Gasteiger partial charge in [0.05, 0.1) is 17.3 Å². The Balaban J connectivity index is 1.99. The Morgan fingerprint density at radius 2 is 2.35 bits per heavy atom. The number of ether oxygens (including phenoxy) is 1. The molecular weight excluding hydrogens is 236 g/mol. The molecule has 0 amide bonds. The van der Waals surface area contributed by atoms with Crippen LogP contribution in [-0.4, -0.2) is 19.1 Å². The van der Waals surface area contributed by atoms with E-state index in [0.717, 1.165) is 11.5 Å². The minimum absolute atomic E-state index is 0.333. The Hall–Kier alpha value is -1.23. The van der Waals surface area contributed by atoms with Gasteiger partial charge in [-0.2, -0.15) is 0 Å². The number of esters is 1. The summed E-state index contributed by atoms with van der Waals surface area (Å²) in [7, 11) is 0. The third-order valence-corrected chi connectivity index (χ3v) is 4.10. The predicted molar refractivity (Wildman–Crippen MR) is 70.5 cm³/mol. The van der Waals surface area contributed by atoms with E-state index in [1.54, 1.807) is 6.92 Å². The predicted octanol–water partition coefficient (Wildman–Crippen LogP) is 2.72. The number of nitrogens with one attached hydrogen (secondary N) is 1. The lowest BCUT2D eigenvalue weighted by Crippen LogP contribution is -2.10. The van der Waals surface area contributed by atoms with Crippen LogP contribution >= 0.6 is 11.3 Å². The number of nitrogen functional groups attached to an aromatic ring is 1. The molecule has 0 saturated heterocycles. The number of carbonyl (C=O) groups is 1. The number of anilines is 2. The molecule has 1 saturated carbocycles. The van der Waals surface area contributed by atoms with Crippen LogP contribution < -0.4 is 11.1 Å². The van der Waals surface area contributed by atoms with Crippen LogP contribution in [0.1, 0.15) is 36.4 Å². The molecule has 0 unspecified atom stereocenters. The van der Waals surface area contributed by atoms with Gasteiger partial charge in [0.1, 0.15) is 4.88 Å². The molecule has 3 N–H and O–H groups in total. The lowest BCUT2D eigenvalue weighted by molar-refractivity contribution is 0.0533. The molecule has 1 aliphatic carbocycles. The van der Waals surface area contributed by atoms with E-state index in [1.165, 1.54) is 24.2 Å². The van der Waals surface area contributed by atoms with Gasteiger partial charge in [0.2, 0.25) is 0 Å². The molecule has 0 aromatic carbocycles. The third-order valence-electron chi connectivity index (χ3n) is 3.01. The van der Waals surface area contributed by atoms with Crippen molar-refractivity contribution in [2.45, 2.75) is 26.7 Å². The Labute approximate surface area is 105 Å². The number of hydrogen-bond acceptors (Lipinski definition) is 5. The molecule has 1 heterocycles. The van der Waals surface area contributed by atoms with E-state index in [4.69, 9.17) is 10.5 Å². The van der Waals surface area contributed by atoms with Crippen molar-refractivity contribution in [3.05, 3.63) is 10.9 Å². The van der Waals surface area contributed by atoms with Crippen LogP contribution in [0.5, 0.6) is 0 Å². The number of rotatable bonds is 5. The largest absolute Gasteiger partial charge is 0.462 e. The summed E-state index contributed by atoms with van der Waals surface area (Å²) in [6.07, 6.45) is 2.54. The van der Waals surface area contributed by atoms with Crippen molar-refractivity contribution in [3.63, 3.8) is 0 Å². The second kappa shape index (κ2) is 4.56. The molecular formula is C12H18N2O2S. The molecule has 1 aromatic heterocycles. The Kier molecular flexibility index (Phi) is 3.28. The van der Waals surface area contributed by atoms with E-state index in [1.807, 2.05) is 6.07 Å². The van der Waals surface area contributed by atoms with Gasteiger partial charge in [0, 0.05) is 6.54 Å². The van der Waals surface area contributed by atoms with Gasteiger partial charge in [0.15, 0.2) is 0 Å². The van der Waals surface area contributed by atoms with Gasteiger partial charge in [-0.3, -0.25) is 0 Å². The zero-order valence-corrected chi connectivity index (χ0v) is 11.0. The molecule has 4 nitrogen and oxygen atoms in total. The maximum Gasteiger partial charge on any atom is 0.350 e. The highest BCUT2D eigenvalue weighted by molar-refractivity contribution is 7.18. The summed E-state index contributed by atoms with van der Waals surface area (Å²) >= 11 is 1.37. The SMILES string of the molecule is CCOC(=O)c1sc(NCC2(C)CC2)cc1N. The van der Waals surface area contributed by atoms with E-state index in [2.05, 4.69) is 12.2 Å². The number of thiophene rings is 1. The zero-order chi connectivity index (χ0) is 12.5. The number of nitrogens with two attached hydrogens (primary N) is 1. The first-order valence-corrected chi connectivity index (χ1v) is 6.66. The van der Waals surface area contributed by atoms with E-state index in [-0.39, 0.29) is 5.97 Å². The van der Waals surface area contributed by atoms with Crippen molar-refractivity contribution in [2.75, 3.05) is 24.2 Å². The maximum absolute atomic E-state index is 11.6. The van der Waals surface area contributed by atoms with Crippen molar-refractivity contribution in [1.82, 2.24) is 0 Å². The fourth-order valence-corrected chi connectivity index (χ4v) is 2.41. The number of carbonyl (C=O) groups excluding carboxylic acids is 1. The summed E-state index contributed by atoms with van der Waals surface area (Å²) in [6, 6.07) is 1.81. The standard InChI is InChI=1S/C12H18N2O2S/c1-3-16-11(15)10-8(13)6-9(17-10)14-7-12(2)4-5-12/h6,14H,3-5,7,13H2,1-2H3. The molecule has 0 atom stereocenters. The summed E-state index contributed by atoms with van der Waals surface area (Å²) in [5.74, 6) is -0.333. The molecule has 17 heavy (non-hydrogen) atoms. The van der Waals surface area contributed by atoms with E-state index in [0.29, 0.717) is 22.6 Å². The lowest BCUT2D eigenvalue weighted by atomic mass is 10.1. The Morgan fingerprint density at radius 1 is 1.65 bits per heavy atom. The van der Waals surface area contributed by atoms with E-state index in [9.17, 15) is 4.79 Å². The van der Waals surface area contributed by atoms with E-state index >= 15 is 0 Å². The lowest BCUT2D eigenvalue weighted by Gasteiger charge is -2.08. The second-order valence-electron chi connectivity index (χ2n) is 4.78. The molecule has 2 rings (SSSR count). The molecule has 0 spiro atoms. The van der Waals surface area contributed by atoms with Crippen LogP contribution in [0.25, 0.3) is 0 Å². The molecule has 0 bridgehead atoms. The van der Waals surface area contributed by atoms with Crippen LogP contribution in [0.3, 0.4) is 0 Å². The Bertz CT molecular complexity index is 424. The first-order valence-electron chi connectivity index (χ1n) is 5.84. The van der Waals surface area contributed by atoms with Crippen molar-refractivity contribution in [3.8, 4) is 0 Å². The van der Waals surface area contributed by atoms with Crippen LogP contribution in [0.2, 0.25) is 0 Å². The summed E-state index contributed by atoms with van der Waals surface area (Å²) in [5.41, 5.74) is 6.73. The van der Waals surface area contributed by atoms with Gasteiger partial charge in [-0.05, 0) is 31.2 Å². The van der Waals surface area contributed by atoms with Gasteiger partial charge in [-0.1, -0.05) is 6.92 Å². The normalized spacial score (nSPS) is 16.6. The van der Waals surface area contributed by atoms with Crippen LogP contribution in [0, 0.1) is 5.41 Å². The topological polar surface area (TPSA) is 64.3 Å². The van der Waals surface area contributed by atoms with Gasteiger partial charge < -0.3 is 15.8 Å². The monoisotopic (exact) mass is 254 g/mol. The molecule has 94 valence electrons. The Morgan fingerprint density at radius 3 is 2.94 bits per heavy atom. The average Bonchev–Trinajstić information content (AvgIpc) is 2.88. The maximum atomic E-state index is 11.6. The highest BCUT2D eigenvalue weighted by atomic mass is 32.1. The van der Waals surface area contributed by atoms with Crippen LogP contribution in [0.4, 0.5) is 10.7 Å². The summed E-state index contributed by atoms with van der Waals surface area (Å²) in [6.45, 7) is 5.35. The summed E-state index contributed by atoms with van der Waals surface area (Å²) < 4.78 is 4.94. The second-order valence-corrected chi connectivity index (χ2v) is 5.83. The van der Waals surface area contributed by atoms with E-state index < -0.39 is 0 Å². The smallest absolute Gasteiger partial charge is 0.350 e. The molecule has 5 heteroatoms. The van der Waals surface area contributed by atoms with Gasteiger partial charge in [0.25, 0.3) is 0 Å². The highest BCUT2D eigenvalue weighted by Crippen LogP contribution is 2.45. The van der Waals surface area contributed by atoms with Crippen molar-refractivity contribution in [1.29, 1.82) is 0 Å². The summed E-state index contributed by atoms with van der Waals surface area (Å²) in [4.78, 5) is 12.1. The third kappa shape index (κ3) is 2.91. The molecule has 0 radical (unpaired) electrons. The molecule has 1 aliphatic rings. The summed E-state index contributed by atoms with van der Waals surface area (Å²) in [5, 5.41) is 4.28. The molecule has 1 aromatic rings. The number of hydrogen-bond donors (Lipinski definition) is 2. The zero-order valence-electron chi connectivity index (χ0n) is 10.2. The van der Waals surface area contributed by atoms with Crippen molar-refractivity contribution >= 4 is 28.0 Å².